The van der Waals surface area contributed by atoms with E-state index in [1.165, 1.54) is 4.90 Å². The number of hydrogen-bond donors (Lipinski definition) is 2. The van der Waals surface area contributed by atoms with Crippen LogP contribution in [0.5, 0.6) is 0 Å². The molecule has 1 unspecified atom stereocenters. The van der Waals surface area contributed by atoms with Crippen LogP contribution in [0.15, 0.2) is 23.2 Å². The maximum Gasteiger partial charge on any atom is 0.271 e. The van der Waals surface area contributed by atoms with E-state index in [-0.39, 0.29) is 11.6 Å². The monoisotopic (exact) mass is 268 g/mol. The van der Waals surface area contributed by atoms with Crippen LogP contribution in [0.25, 0.3) is 0 Å². The molecule has 1 aromatic rings. The van der Waals surface area contributed by atoms with Crippen molar-refractivity contribution in [3.05, 3.63) is 29.8 Å². The molecule has 1 aliphatic rings. The number of rotatable bonds is 2. The number of carbonyl (C=O) groups is 1. The molecule has 0 spiro atoms. The van der Waals surface area contributed by atoms with E-state index in [1.54, 1.807) is 0 Å². The van der Waals surface area contributed by atoms with Crippen molar-refractivity contribution in [2.75, 3.05) is 11.4 Å². The molecule has 0 aromatic heterocycles. The molecule has 0 bridgehead atoms. The van der Waals surface area contributed by atoms with Gasteiger partial charge >= 0.3 is 0 Å². The molecule has 4 N–H and O–H groups in total. The Morgan fingerprint density at radius 3 is 2.79 bits per heavy atom. The lowest BCUT2D eigenvalue weighted by Gasteiger charge is -2.24. The highest BCUT2D eigenvalue weighted by Crippen LogP contribution is 2.29. The first-order valence-electron chi connectivity index (χ1n) is 5.84. The number of hydrogen-bond acceptors (Lipinski definition) is 2. The average molecular weight is 268 g/mol. The lowest BCUT2D eigenvalue weighted by atomic mass is 10.2. The fourth-order valence-corrected chi connectivity index (χ4v) is 2.22. The fourth-order valence-electron chi connectivity index (χ4n) is 2.22. The molecule has 19 heavy (non-hydrogen) atoms. The van der Waals surface area contributed by atoms with Gasteiger partial charge in [-0.25, -0.2) is 8.78 Å². The van der Waals surface area contributed by atoms with E-state index in [1.807, 2.05) is 0 Å². The van der Waals surface area contributed by atoms with Crippen LogP contribution in [0.1, 0.15) is 12.8 Å². The summed E-state index contributed by atoms with van der Waals surface area (Å²) in [7, 11) is 0. The van der Waals surface area contributed by atoms with Crippen LogP contribution in [-0.2, 0) is 4.79 Å². The predicted molar refractivity (Wildman–Crippen MR) is 67.5 cm³/mol. The second-order valence-electron chi connectivity index (χ2n) is 4.32. The molecule has 7 heteroatoms. The van der Waals surface area contributed by atoms with Crippen molar-refractivity contribution in [3.63, 3.8) is 0 Å². The normalized spacial score (nSPS) is 18.4. The summed E-state index contributed by atoms with van der Waals surface area (Å²) >= 11 is 0. The van der Waals surface area contributed by atoms with Crippen LogP contribution in [0.2, 0.25) is 0 Å². The van der Waals surface area contributed by atoms with E-state index >= 15 is 0 Å². The van der Waals surface area contributed by atoms with Crippen molar-refractivity contribution in [1.82, 2.24) is 0 Å². The third kappa shape index (κ3) is 2.81. The summed E-state index contributed by atoms with van der Waals surface area (Å²) in [4.78, 5) is 16.8. The molecule has 1 amide bonds. The van der Waals surface area contributed by atoms with Crippen molar-refractivity contribution < 1.29 is 13.6 Å². The Bertz CT molecular complexity index is 528. The van der Waals surface area contributed by atoms with Crippen LogP contribution in [0.3, 0.4) is 0 Å². The molecule has 0 saturated carbocycles. The Hall–Kier alpha value is -2.18. The second kappa shape index (κ2) is 5.21. The minimum atomic E-state index is -0.654. The minimum absolute atomic E-state index is 0.0571. The molecular formula is C12H14F2N4O. The standard InChI is InChI=1S/C12H14F2N4O/c13-7-3-4-8(14)10(6-7)18-5-1-2-9(18)11(19)17-12(15)16/h3-4,6,9H,1-2,5H2,(H4,15,16,17,19). The molecule has 0 aliphatic carbocycles. The van der Waals surface area contributed by atoms with Gasteiger partial charge < -0.3 is 16.4 Å². The quantitative estimate of drug-likeness (QED) is 0.612. The molecule has 1 atom stereocenters. The highest BCUT2D eigenvalue weighted by molar-refractivity contribution is 5.96. The number of benzene rings is 1. The lowest BCUT2D eigenvalue weighted by Crippen LogP contribution is -2.37. The van der Waals surface area contributed by atoms with Crippen molar-refractivity contribution >= 4 is 17.6 Å². The van der Waals surface area contributed by atoms with Gasteiger partial charge in [0.1, 0.15) is 17.7 Å². The first kappa shape index (κ1) is 13.3. The summed E-state index contributed by atoms with van der Waals surface area (Å²) in [5, 5.41) is 0. The summed E-state index contributed by atoms with van der Waals surface area (Å²) in [6.07, 6.45) is 1.19. The number of guanidine groups is 1. The number of nitrogens with two attached hydrogens (primary N) is 2. The fraction of sp³-hybridized carbons (Fsp3) is 0.333. The van der Waals surface area contributed by atoms with Crippen molar-refractivity contribution in [3.8, 4) is 0 Å². The van der Waals surface area contributed by atoms with Gasteiger partial charge in [0.2, 0.25) is 0 Å². The molecule has 1 heterocycles. The smallest absolute Gasteiger partial charge is 0.271 e. The topological polar surface area (TPSA) is 84.7 Å². The highest BCUT2D eigenvalue weighted by Gasteiger charge is 2.32. The summed E-state index contributed by atoms with van der Waals surface area (Å²) in [5.74, 6) is -2.01. The minimum Gasteiger partial charge on any atom is -0.370 e. The van der Waals surface area contributed by atoms with Crippen molar-refractivity contribution in [1.29, 1.82) is 0 Å². The Morgan fingerprint density at radius 1 is 1.37 bits per heavy atom. The van der Waals surface area contributed by atoms with Crippen molar-refractivity contribution in [2.24, 2.45) is 16.5 Å². The van der Waals surface area contributed by atoms with E-state index in [4.69, 9.17) is 11.5 Å². The van der Waals surface area contributed by atoms with Gasteiger partial charge in [0.05, 0.1) is 5.69 Å². The zero-order chi connectivity index (χ0) is 14.0. The maximum absolute atomic E-state index is 13.7. The lowest BCUT2D eigenvalue weighted by molar-refractivity contribution is -0.118. The van der Waals surface area contributed by atoms with Crippen LogP contribution >= 0.6 is 0 Å². The zero-order valence-electron chi connectivity index (χ0n) is 10.1. The van der Waals surface area contributed by atoms with Gasteiger partial charge in [0.25, 0.3) is 5.91 Å². The molecule has 102 valence electrons. The summed E-state index contributed by atoms with van der Waals surface area (Å²) in [6.45, 7) is 0.455. The van der Waals surface area contributed by atoms with E-state index < -0.39 is 23.6 Å². The molecule has 1 aromatic carbocycles. The first-order chi connectivity index (χ1) is 8.99. The molecule has 2 rings (SSSR count). The Morgan fingerprint density at radius 2 is 2.11 bits per heavy atom. The zero-order valence-corrected chi connectivity index (χ0v) is 10.1. The van der Waals surface area contributed by atoms with Crippen LogP contribution in [0.4, 0.5) is 14.5 Å². The van der Waals surface area contributed by atoms with Crippen LogP contribution in [-0.4, -0.2) is 24.5 Å². The van der Waals surface area contributed by atoms with Gasteiger partial charge in [-0.2, -0.15) is 4.99 Å². The molecule has 1 fully saturated rings. The number of nitrogens with zero attached hydrogens (tertiary/aromatic N) is 2. The number of aliphatic imine (C=N–C) groups is 1. The second-order valence-corrected chi connectivity index (χ2v) is 4.32. The molecule has 0 radical (unpaired) electrons. The van der Waals surface area contributed by atoms with Gasteiger partial charge in [0.15, 0.2) is 5.96 Å². The number of anilines is 1. The summed E-state index contributed by atoms with van der Waals surface area (Å²) in [5.41, 5.74) is 10.4. The first-order valence-corrected chi connectivity index (χ1v) is 5.84. The van der Waals surface area contributed by atoms with Crippen LogP contribution < -0.4 is 16.4 Å². The number of halogens is 2. The van der Waals surface area contributed by atoms with Gasteiger partial charge in [-0.05, 0) is 25.0 Å². The molecule has 1 saturated heterocycles. The number of carbonyl (C=O) groups excluding carboxylic acids is 1. The van der Waals surface area contributed by atoms with Crippen molar-refractivity contribution in [2.45, 2.75) is 18.9 Å². The van der Waals surface area contributed by atoms with E-state index in [0.717, 1.165) is 18.2 Å². The van der Waals surface area contributed by atoms with E-state index in [9.17, 15) is 13.6 Å². The summed E-state index contributed by atoms with van der Waals surface area (Å²) < 4.78 is 26.9. The Kier molecular flexibility index (Phi) is 3.64. The largest absolute Gasteiger partial charge is 0.370 e. The molecule has 1 aliphatic heterocycles. The SMILES string of the molecule is NC(N)=NC(=O)C1CCCN1c1cc(F)ccc1F. The third-order valence-corrected chi connectivity index (χ3v) is 2.99. The highest BCUT2D eigenvalue weighted by atomic mass is 19.1. The summed E-state index contributed by atoms with van der Waals surface area (Å²) in [6, 6.07) is 2.47. The van der Waals surface area contributed by atoms with Crippen LogP contribution in [0, 0.1) is 11.6 Å². The maximum atomic E-state index is 13.7. The molecule has 5 nitrogen and oxygen atoms in total. The van der Waals surface area contributed by atoms with Gasteiger partial charge in [-0.15, -0.1) is 0 Å². The average Bonchev–Trinajstić information content (AvgIpc) is 2.80. The van der Waals surface area contributed by atoms with E-state index in [2.05, 4.69) is 4.99 Å². The van der Waals surface area contributed by atoms with Gasteiger partial charge in [-0.3, -0.25) is 4.79 Å². The Balaban J connectivity index is 2.30. The number of amides is 1. The molecular weight excluding hydrogens is 254 g/mol. The third-order valence-electron chi connectivity index (χ3n) is 2.99. The van der Waals surface area contributed by atoms with E-state index in [0.29, 0.717) is 19.4 Å². The predicted octanol–water partition coefficient (Wildman–Crippen LogP) is 0.734. The Labute approximate surface area is 108 Å². The van der Waals surface area contributed by atoms with Gasteiger partial charge in [0, 0.05) is 12.6 Å². The van der Waals surface area contributed by atoms with Gasteiger partial charge in [-0.1, -0.05) is 0 Å².